The zero-order chi connectivity index (χ0) is 20.2. The number of carbonyl (C=O) groups excluding carboxylic acids is 2. The van der Waals surface area contributed by atoms with Gasteiger partial charge in [-0.25, -0.2) is 4.79 Å². The lowest BCUT2D eigenvalue weighted by atomic mass is 9.42. The first-order valence-electron chi connectivity index (χ1n) is 11.3. The zero-order valence-electron chi connectivity index (χ0n) is 17.0. The number of aliphatic hydroxyl groups excluding tert-OH is 1. The summed E-state index contributed by atoms with van der Waals surface area (Å²) < 4.78 is 11.6. The lowest BCUT2D eigenvalue weighted by molar-refractivity contribution is -0.214. The number of hydrogen-bond acceptors (Lipinski definition) is 6. The predicted octanol–water partition coefficient (Wildman–Crippen LogP) is 2.26. The fourth-order valence-electron chi connectivity index (χ4n) is 8.96. The standard InChI is InChI=1S/C23H30O6/c1-20-6-5-17-22-7-4-14(24)11-21(22,27)8-9-23(17,29-19(22)26)16(20)3-2-15(20)13-10-18(25)28-12-13/h10,14-17,24,27H,2-9,11-12H2,1H3/t14-,15-,16-,17-,20-,21-,22-,23-/m1/s1. The quantitative estimate of drug-likeness (QED) is 0.654. The third-order valence-corrected chi connectivity index (χ3v) is 10.1. The van der Waals surface area contributed by atoms with E-state index in [9.17, 15) is 19.8 Å². The normalized spacial score (nSPS) is 55.5. The van der Waals surface area contributed by atoms with Gasteiger partial charge in [-0.05, 0) is 68.3 Å². The van der Waals surface area contributed by atoms with Gasteiger partial charge in [-0.1, -0.05) is 6.92 Å². The van der Waals surface area contributed by atoms with Gasteiger partial charge in [0.05, 0.1) is 11.7 Å². The number of esters is 2. The Labute approximate surface area is 170 Å². The first-order chi connectivity index (χ1) is 13.8. The second-order valence-corrected chi connectivity index (χ2v) is 10.9. The topological polar surface area (TPSA) is 93.1 Å². The van der Waals surface area contributed by atoms with Gasteiger partial charge in [0.2, 0.25) is 0 Å². The molecule has 0 unspecified atom stereocenters. The molecular weight excluding hydrogens is 372 g/mol. The molecule has 1 saturated heterocycles. The lowest BCUT2D eigenvalue weighted by Gasteiger charge is -2.61. The van der Waals surface area contributed by atoms with Crippen LogP contribution < -0.4 is 0 Å². The molecule has 6 heteroatoms. The first kappa shape index (κ1) is 18.4. The maximum Gasteiger partial charge on any atom is 0.331 e. The molecule has 158 valence electrons. The van der Waals surface area contributed by atoms with E-state index in [4.69, 9.17) is 9.47 Å². The number of carbonyl (C=O) groups is 2. The van der Waals surface area contributed by atoms with Crippen LogP contribution in [-0.4, -0.2) is 46.1 Å². The van der Waals surface area contributed by atoms with Crippen LogP contribution in [0.4, 0.5) is 0 Å². The summed E-state index contributed by atoms with van der Waals surface area (Å²) in [5.41, 5.74) is -1.42. The van der Waals surface area contributed by atoms with E-state index in [2.05, 4.69) is 6.92 Å². The lowest BCUT2D eigenvalue weighted by Crippen LogP contribution is -2.67. The summed E-state index contributed by atoms with van der Waals surface area (Å²) in [6.07, 6.45) is 7.49. The Morgan fingerprint density at radius 3 is 2.62 bits per heavy atom. The molecule has 4 aliphatic carbocycles. The van der Waals surface area contributed by atoms with Crippen LogP contribution in [0.15, 0.2) is 11.6 Å². The summed E-state index contributed by atoms with van der Waals surface area (Å²) >= 11 is 0. The molecule has 2 aliphatic heterocycles. The van der Waals surface area contributed by atoms with E-state index in [0.29, 0.717) is 38.2 Å². The number of hydrogen-bond donors (Lipinski definition) is 2. The molecule has 0 amide bonds. The molecule has 6 aliphatic rings. The molecule has 0 radical (unpaired) electrons. The monoisotopic (exact) mass is 402 g/mol. The van der Waals surface area contributed by atoms with Crippen LogP contribution in [0, 0.1) is 28.6 Å². The largest absolute Gasteiger partial charge is 0.458 e. The van der Waals surface area contributed by atoms with Crippen LogP contribution in [0.5, 0.6) is 0 Å². The van der Waals surface area contributed by atoms with Crippen molar-refractivity contribution in [1.82, 2.24) is 0 Å². The van der Waals surface area contributed by atoms with Crippen LogP contribution in [0.3, 0.4) is 0 Å². The van der Waals surface area contributed by atoms with Crippen LogP contribution in [0.1, 0.15) is 64.7 Å². The summed E-state index contributed by atoms with van der Waals surface area (Å²) in [6.45, 7) is 2.71. The van der Waals surface area contributed by atoms with Crippen molar-refractivity contribution in [2.75, 3.05) is 6.61 Å². The van der Waals surface area contributed by atoms with Crippen molar-refractivity contribution in [3.8, 4) is 0 Å². The zero-order valence-corrected chi connectivity index (χ0v) is 17.0. The highest BCUT2D eigenvalue weighted by Gasteiger charge is 2.80. The molecule has 2 N–H and O–H groups in total. The maximum absolute atomic E-state index is 13.4. The van der Waals surface area contributed by atoms with Gasteiger partial charge in [-0.15, -0.1) is 0 Å². The van der Waals surface area contributed by atoms with Gasteiger partial charge < -0.3 is 19.7 Å². The van der Waals surface area contributed by atoms with Gasteiger partial charge in [0.1, 0.15) is 17.6 Å². The summed E-state index contributed by atoms with van der Waals surface area (Å²) in [5, 5.41) is 21.8. The first-order valence-corrected chi connectivity index (χ1v) is 11.3. The molecular formula is C23H30O6. The molecule has 0 aromatic heterocycles. The van der Waals surface area contributed by atoms with Crippen molar-refractivity contribution in [2.45, 2.75) is 82.0 Å². The second kappa shape index (κ2) is 5.44. The molecule has 4 saturated carbocycles. The Hall–Kier alpha value is -1.40. The van der Waals surface area contributed by atoms with Crippen LogP contribution in [0.2, 0.25) is 0 Å². The van der Waals surface area contributed by atoms with Gasteiger partial charge in [-0.3, -0.25) is 4.79 Å². The Balaban J connectivity index is 1.41. The summed E-state index contributed by atoms with van der Waals surface area (Å²) in [6, 6.07) is 0. The molecule has 6 rings (SSSR count). The third-order valence-electron chi connectivity index (χ3n) is 10.1. The molecule has 2 bridgehead atoms. The predicted molar refractivity (Wildman–Crippen MR) is 101 cm³/mol. The van der Waals surface area contributed by atoms with Gasteiger partial charge in [0.25, 0.3) is 0 Å². The Bertz CT molecular complexity index is 835. The molecule has 8 atom stereocenters. The number of rotatable bonds is 1. The van der Waals surface area contributed by atoms with E-state index in [1.165, 1.54) is 0 Å². The van der Waals surface area contributed by atoms with Crippen LogP contribution in [-0.2, 0) is 19.1 Å². The van der Waals surface area contributed by atoms with Crippen molar-refractivity contribution >= 4 is 11.9 Å². The summed E-state index contributed by atoms with van der Waals surface area (Å²) in [5.74, 6) is 0.101. The second-order valence-electron chi connectivity index (χ2n) is 10.9. The van der Waals surface area contributed by atoms with Crippen molar-refractivity contribution in [3.05, 3.63) is 11.6 Å². The molecule has 2 heterocycles. The molecule has 0 aromatic carbocycles. The molecule has 0 aromatic rings. The third kappa shape index (κ3) is 1.96. The molecule has 1 spiro atoms. The Kier molecular flexibility index (Phi) is 3.45. The maximum atomic E-state index is 13.4. The number of cyclic esters (lactones) is 1. The van der Waals surface area contributed by atoms with Crippen LogP contribution in [0.25, 0.3) is 0 Å². The minimum absolute atomic E-state index is 0.0221. The van der Waals surface area contributed by atoms with E-state index in [0.717, 1.165) is 31.3 Å². The van der Waals surface area contributed by atoms with E-state index in [1.807, 2.05) is 0 Å². The average Bonchev–Trinajstić information content (AvgIpc) is 3.29. The van der Waals surface area contributed by atoms with Crippen molar-refractivity contribution in [2.24, 2.45) is 28.6 Å². The van der Waals surface area contributed by atoms with E-state index >= 15 is 0 Å². The van der Waals surface area contributed by atoms with Crippen molar-refractivity contribution in [1.29, 1.82) is 0 Å². The van der Waals surface area contributed by atoms with Crippen molar-refractivity contribution < 1.29 is 29.3 Å². The van der Waals surface area contributed by atoms with Crippen LogP contribution >= 0.6 is 0 Å². The highest BCUT2D eigenvalue weighted by molar-refractivity contribution is 5.85. The fourth-order valence-corrected chi connectivity index (χ4v) is 8.96. The minimum atomic E-state index is -1.15. The highest BCUT2D eigenvalue weighted by Crippen LogP contribution is 2.74. The average molecular weight is 402 g/mol. The molecule has 5 fully saturated rings. The van der Waals surface area contributed by atoms with E-state index < -0.39 is 22.7 Å². The SMILES string of the molecule is C[C@]12CC[C@H]3[C@@]4(CC[C@@]5(O)C[C@H](O)CC[C@]35C(=O)O4)[C@@H]1CC[C@@H]2C1=CC(=O)OC1. The Morgan fingerprint density at radius 2 is 1.86 bits per heavy atom. The van der Waals surface area contributed by atoms with Gasteiger partial charge in [0.15, 0.2) is 0 Å². The Morgan fingerprint density at radius 1 is 1.03 bits per heavy atom. The number of aliphatic hydroxyl groups is 2. The smallest absolute Gasteiger partial charge is 0.331 e. The number of ether oxygens (including phenoxy) is 2. The summed E-state index contributed by atoms with van der Waals surface area (Å²) in [7, 11) is 0. The van der Waals surface area contributed by atoms with Gasteiger partial charge in [-0.2, -0.15) is 0 Å². The van der Waals surface area contributed by atoms with Gasteiger partial charge in [0, 0.05) is 24.3 Å². The van der Waals surface area contributed by atoms with Crippen molar-refractivity contribution in [3.63, 3.8) is 0 Å². The van der Waals surface area contributed by atoms with Gasteiger partial charge >= 0.3 is 11.9 Å². The minimum Gasteiger partial charge on any atom is -0.458 e. The van der Waals surface area contributed by atoms with E-state index in [1.54, 1.807) is 6.08 Å². The van der Waals surface area contributed by atoms with E-state index in [-0.39, 0.29) is 35.6 Å². The molecule has 29 heavy (non-hydrogen) atoms. The highest BCUT2D eigenvalue weighted by atomic mass is 16.6. The molecule has 6 nitrogen and oxygen atoms in total. The summed E-state index contributed by atoms with van der Waals surface area (Å²) in [4.78, 5) is 25.1. The number of fused-ring (bicyclic) bond motifs is 1. The fraction of sp³-hybridized carbons (Fsp3) is 0.826.